The van der Waals surface area contributed by atoms with Crippen LogP contribution in [-0.2, 0) is 0 Å². The average Bonchev–Trinajstić information content (AvgIpc) is 2.24. The van der Waals surface area contributed by atoms with Gasteiger partial charge in [0.05, 0.1) is 0 Å². The van der Waals surface area contributed by atoms with Crippen LogP contribution in [0, 0.1) is 0 Å². The third kappa shape index (κ3) is 5.11. The zero-order valence-corrected chi connectivity index (χ0v) is 9.26. The third-order valence-corrected chi connectivity index (χ3v) is 1.91. The SMILES string of the molecule is FC(F)(F)COc1ccc(C=CCS)cc1. The van der Waals surface area contributed by atoms with Crippen LogP contribution in [0.25, 0.3) is 6.08 Å². The molecule has 0 saturated carbocycles. The van der Waals surface area contributed by atoms with Gasteiger partial charge in [-0.15, -0.1) is 0 Å². The summed E-state index contributed by atoms with van der Waals surface area (Å²) in [7, 11) is 0. The van der Waals surface area contributed by atoms with Gasteiger partial charge in [-0.05, 0) is 17.7 Å². The molecule has 1 aromatic carbocycles. The quantitative estimate of drug-likeness (QED) is 0.801. The minimum atomic E-state index is -4.30. The summed E-state index contributed by atoms with van der Waals surface area (Å²) in [5.41, 5.74) is 0.897. The second kappa shape index (κ2) is 5.84. The highest BCUT2D eigenvalue weighted by molar-refractivity contribution is 7.80. The van der Waals surface area contributed by atoms with E-state index in [4.69, 9.17) is 0 Å². The molecule has 16 heavy (non-hydrogen) atoms. The molecule has 0 aliphatic rings. The number of ether oxygens (including phenoxy) is 1. The van der Waals surface area contributed by atoms with Crippen LogP contribution >= 0.6 is 12.6 Å². The molecule has 1 aromatic rings. The van der Waals surface area contributed by atoms with Crippen LogP contribution in [-0.4, -0.2) is 18.5 Å². The Morgan fingerprint density at radius 2 is 1.81 bits per heavy atom. The van der Waals surface area contributed by atoms with Crippen LogP contribution in [0.5, 0.6) is 5.75 Å². The van der Waals surface area contributed by atoms with E-state index >= 15 is 0 Å². The normalized spacial score (nSPS) is 12.0. The Morgan fingerprint density at radius 1 is 1.19 bits per heavy atom. The number of benzene rings is 1. The van der Waals surface area contributed by atoms with Gasteiger partial charge in [-0.25, -0.2) is 0 Å². The summed E-state index contributed by atoms with van der Waals surface area (Å²) in [6, 6.07) is 6.38. The molecule has 0 fully saturated rings. The monoisotopic (exact) mass is 248 g/mol. The van der Waals surface area contributed by atoms with Crippen LogP contribution in [0.15, 0.2) is 30.3 Å². The third-order valence-electron chi connectivity index (χ3n) is 1.70. The topological polar surface area (TPSA) is 9.23 Å². The zero-order chi connectivity index (χ0) is 12.0. The molecule has 5 heteroatoms. The first-order valence-electron chi connectivity index (χ1n) is 4.58. The van der Waals surface area contributed by atoms with Gasteiger partial charge in [-0.2, -0.15) is 25.8 Å². The number of rotatable bonds is 4. The average molecular weight is 248 g/mol. The van der Waals surface area contributed by atoms with Crippen molar-refractivity contribution in [2.45, 2.75) is 6.18 Å². The standard InChI is InChI=1S/C11H11F3OS/c12-11(13,14)8-15-10-5-3-9(4-6-10)2-1-7-16/h1-6,16H,7-8H2. The molecule has 0 saturated heterocycles. The van der Waals surface area contributed by atoms with Gasteiger partial charge in [-0.1, -0.05) is 24.3 Å². The molecule has 0 spiro atoms. The van der Waals surface area contributed by atoms with Crippen molar-refractivity contribution in [3.05, 3.63) is 35.9 Å². The van der Waals surface area contributed by atoms with E-state index < -0.39 is 12.8 Å². The van der Waals surface area contributed by atoms with Crippen molar-refractivity contribution in [3.63, 3.8) is 0 Å². The Kier molecular flexibility index (Phi) is 4.73. The summed E-state index contributed by atoms with van der Waals surface area (Å²) >= 11 is 4.00. The van der Waals surface area contributed by atoms with E-state index in [-0.39, 0.29) is 5.75 Å². The lowest BCUT2D eigenvalue weighted by Crippen LogP contribution is -2.19. The number of halogens is 3. The first-order chi connectivity index (χ1) is 7.51. The van der Waals surface area contributed by atoms with E-state index in [0.717, 1.165) is 5.56 Å². The summed E-state index contributed by atoms with van der Waals surface area (Å²) in [6.45, 7) is -1.27. The maximum absolute atomic E-state index is 11.8. The second-order valence-corrected chi connectivity index (χ2v) is 3.42. The number of alkyl halides is 3. The molecule has 0 amide bonds. The van der Waals surface area contributed by atoms with Gasteiger partial charge < -0.3 is 4.74 Å². The van der Waals surface area contributed by atoms with Gasteiger partial charge in [-0.3, -0.25) is 0 Å². The molecule has 0 unspecified atom stereocenters. The minimum Gasteiger partial charge on any atom is -0.484 e. The van der Waals surface area contributed by atoms with E-state index in [2.05, 4.69) is 17.4 Å². The Bertz CT molecular complexity index is 343. The Labute approximate surface area is 97.3 Å². The van der Waals surface area contributed by atoms with Crippen LogP contribution in [0.3, 0.4) is 0 Å². The van der Waals surface area contributed by atoms with Crippen molar-refractivity contribution in [2.24, 2.45) is 0 Å². The molecule has 88 valence electrons. The van der Waals surface area contributed by atoms with Crippen LogP contribution in [0.1, 0.15) is 5.56 Å². The lowest BCUT2D eigenvalue weighted by atomic mass is 10.2. The van der Waals surface area contributed by atoms with Crippen molar-refractivity contribution in [3.8, 4) is 5.75 Å². The van der Waals surface area contributed by atoms with Crippen LogP contribution < -0.4 is 4.74 Å². The molecule has 0 atom stereocenters. The molecule has 1 nitrogen and oxygen atoms in total. The minimum absolute atomic E-state index is 0.209. The largest absolute Gasteiger partial charge is 0.484 e. The maximum atomic E-state index is 11.8. The smallest absolute Gasteiger partial charge is 0.422 e. The van der Waals surface area contributed by atoms with Crippen LogP contribution in [0.2, 0.25) is 0 Å². The highest BCUT2D eigenvalue weighted by Gasteiger charge is 2.28. The molecule has 1 rings (SSSR count). The highest BCUT2D eigenvalue weighted by atomic mass is 32.1. The molecular formula is C11H11F3OS. The zero-order valence-electron chi connectivity index (χ0n) is 8.37. The molecule has 0 bridgehead atoms. The number of hydrogen-bond acceptors (Lipinski definition) is 2. The van der Waals surface area contributed by atoms with Gasteiger partial charge in [0.15, 0.2) is 6.61 Å². The summed E-state index contributed by atoms with van der Waals surface area (Å²) in [4.78, 5) is 0. The summed E-state index contributed by atoms with van der Waals surface area (Å²) < 4.78 is 40.1. The van der Waals surface area contributed by atoms with E-state index in [9.17, 15) is 13.2 Å². The fraction of sp³-hybridized carbons (Fsp3) is 0.273. The first kappa shape index (κ1) is 13.0. The molecule has 0 aliphatic heterocycles. The lowest BCUT2D eigenvalue weighted by Gasteiger charge is -2.08. The maximum Gasteiger partial charge on any atom is 0.422 e. The van der Waals surface area contributed by atoms with Crippen LogP contribution in [0.4, 0.5) is 13.2 Å². The predicted molar refractivity (Wildman–Crippen MR) is 60.9 cm³/mol. The highest BCUT2D eigenvalue weighted by Crippen LogP contribution is 2.19. The van der Waals surface area contributed by atoms with E-state index in [0.29, 0.717) is 5.75 Å². The Balaban J connectivity index is 2.55. The van der Waals surface area contributed by atoms with Crippen molar-refractivity contribution < 1.29 is 17.9 Å². The van der Waals surface area contributed by atoms with Gasteiger partial charge in [0.25, 0.3) is 0 Å². The van der Waals surface area contributed by atoms with Crippen molar-refractivity contribution >= 4 is 18.7 Å². The molecule has 0 heterocycles. The fourth-order valence-corrected chi connectivity index (χ4v) is 1.13. The molecule has 0 N–H and O–H groups in total. The Hall–Kier alpha value is -1.10. The number of hydrogen-bond donors (Lipinski definition) is 1. The van der Waals surface area contributed by atoms with Crippen molar-refractivity contribution in [2.75, 3.05) is 12.4 Å². The second-order valence-electron chi connectivity index (χ2n) is 3.06. The van der Waals surface area contributed by atoms with E-state index in [1.807, 2.05) is 12.2 Å². The van der Waals surface area contributed by atoms with Gasteiger partial charge in [0, 0.05) is 5.75 Å². The number of thiol groups is 1. The van der Waals surface area contributed by atoms with Gasteiger partial charge in [0.2, 0.25) is 0 Å². The molecule has 0 radical (unpaired) electrons. The first-order valence-corrected chi connectivity index (χ1v) is 5.21. The Morgan fingerprint density at radius 3 is 2.31 bits per heavy atom. The summed E-state index contributed by atoms with van der Waals surface area (Å²) in [5, 5.41) is 0. The lowest BCUT2D eigenvalue weighted by molar-refractivity contribution is -0.153. The summed E-state index contributed by atoms with van der Waals surface area (Å²) in [5.74, 6) is 0.826. The van der Waals surface area contributed by atoms with E-state index in [1.165, 1.54) is 12.1 Å². The molecular weight excluding hydrogens is 237 g/mol. The summed E-state index contributed by atoms with van der Waals surface area (Å²) in [6.07, 6.45) is -0.625. The van der Waals surface area contributed by atoms with E-state index in [1.54, 1.807) is 12.1 Å². The van der Waals surface area contributed by atoms with Crippen molar-refractivity contribution in [1.29, 1.82) is 0 Å². The van der Waals surface area contributed by atoms with Crippen molar-refractivity contribution in [1.82, 2.24) is 0 Å². The van der Waals surface area contributed by atoms with Gasteiger partial charge >= 0.3 is 6.18 Å². The van der Waals surface area contributed by atoms with Gasteiger partial charge in [0.1, 0.15) is 5.75 Å². The fourth-order valence-electron chi connectivity index (χ4n) is 1.03. The molecule has 0 aliphatic carbocycles. The predicted octanol–water partition coefficient (Wildman–Crippen LogP) is 3.57. The molecule has 0 aromatic heterocycles.